The van der Waals surface area contributed by atoms with Gasteiger partial charge in [0.25, 0.3) is 0 Å². The van der Waals surface area contributed by atoms with Crippen molar-refractivity contribution in [1.29, 1.82) is 0 Å². The van der Waals surface area contributed by atoms with Gasteiger partial charge in [-0.05, 0) is 36.5 Å². The van der Waals surface area contributed by atoms with Gasteiger partial charge in [-0.2, -0.15) is 0 Å². The fraction of sp³-hybridized carbons (Fsp3) is 0.625. The molecule has 2 heteroatoms. The first-order chi connectivity index (χ1) is 8.75. The Morgan fingerprint density at radius 3 is 1.17 bits per heavy atom. The molecule has 0 unspecified atom stereocenters. The highest BCUT2D eigenvalue weighted by molar-refractivity contribution is 6.02. The maximum atomic E-state index is 12.8. The maximum absolute atomic E-state index is 12.8. The summed E-state index contributed by atoms with van der Waals surface area (Å²) in [6.07, 6.45) is 10.9. The van der Waals surface area contributed by atoms with Gasteiger partial charge < -0.3 is 0 Å². The van der Waals surface area contributed by atoms with E-state index in [1.165, 1.54) is 0 Å². The third-order valence-electron chi connectivity index (χ3n) is 6.23. The van der Waals surface area contributed by atoms with E-state index in [1.54, 1.807) is 0 Å². The Morgan fingerprint density at radius 1 is 0.611 bits per heavy atom. The van der Waals surface area contributed by atoms with Crippen molar-refractivity contribution in [3.63, 3.8) is 0 Å². The molecule has 3 fully saturated rings. The lowest BCUT2D eigenvalue weighted by Gasteiger charge is -2.40. The van der Waals surface area contributed by atoms with Gasteiger partial charge in [0.15, 0.2) is 0 Å². The first-order valence-corrected chi connectivity index (χ1v) is 7.20. The molecule has 0 spiro atoms. The zero-order valence-electron chi connectivity index (χ0n) is 10.2. The third kappa shape index (κ3) is 0.877. The Labute approximate surface area is 106 Å². The molecule has 0 amide bonds. The van der Waals surface area contributed by atoms with E-state index in [2.05, 4.69) is 24.3 Å². The summed E-state index contributed by atoms with van der Waals surface area (Å²) in [5.41, 5.74) is 0. The van der Waals surface area contributed by atoms with Crippen LogP contribution < -0.4 is 0 Å². The first kappa shape index (κ1) is 9.71. The number of carbonyl (C=O) groups is 2. The van der Waals surface area contributed by atoms with E-state index in [0.29, 0.717) is 35.2 Å². The molecular formula is C16H16O2. The second-order valence-corrected chi connectivity index (χ2v) is 6.80. The van der Waals surface area contributed by atoms with Crippen LogP contribution in [0, 0.1) is 47.3 Å². The molecule has 2 nitrogen and oxygen atoms in total. The Balaban J connectivity index is 1.65. The summed E-state index contributed by atoms with van der Waals surface area (Å²) in [7, 11) is 0. The number of hydrogen-bond donors (Lipinski definition) is 0. The summed E-state index contributed by atoms with van der Waals surface area (Å²) in [4.78, 5) is 25.6. The average molecular weight is 240 g/mol. The van der Waals surface area contributed by atoms with E-state index in [-0.39, 0.29) is 23.7 Å². The molecule has 0 heterocycles. The van der Waals surface area contributed by atoms with E-state index >= 15 is 0 Å². The highest BCUT2D eigenvalue weighted by Crippen LogP contribution is 2.60. The molecule has 18 heavy (non-hydrogen) atoms. The van der Waals surface area contributed by atoms with Gasteiger partial charge in [-0.3, -0.25) is 9.59 Å². The van der Waals surface area contributed by atoms with Crippen molar-refractivity contribution in [1.82, 2.24) is 0 Å². The summed E-state index contributed by atoms with van der Waals surface area (Å²) in [5, 5.41) is 0. The second kappa shape index (κ2) is 2.87. The van der Waals surface area contributed by atoms with E-state index in [4.69, 9.17) is 0 Å². The second-order valence-electron chi connectivity index (χ2n) is 6.80. The van der Waals surface area contributed by atoms with Crippen LogP contribution in [0.1, 0.15) is 12.8 Å². The minimum absolute atomic E-state index is 0.0431. The molecule has 8 atom stereocenters. The fourth-order valence-electron chi connectivity index (χ4n) is 5.64. The molecule has 0 aromatic heterocycles. The molecule has 5 aliphatic rings. The van der Waals surface area contributed by atoms with E-state index in [9.17, 15) is 9.59 Å². The van der Waals surface area contributed by atoms with Gasteiger partial charge in [0.1, 0.15) is 11.6 Å². The number of Topliss-reactive ketones (excluding diaryl/α,β-unsaturated/α-hetero) is 2. The summed E-state index contributed by atoms with van der Waals surface area (Å²) in [6.45, 7) is 0. The van der Waals surface area contributed by atoms with Gasteiger partial charge in [0.05, 0.1) is 0 Å². The highest BCUT2D eigenvalue weighted by Gasteiger charge is 2.63. The topological polar surface area (TPSA) is 34.1 Å². The van der Waals surface area contributed by atoms with Crippen molar-refractivity contribution in [3.8, 4) is 0 Å². The van der Waals surface area contributed by atoms with Crippen LogP contribution in [0.15, 0.2) is 24.3 Å². The van der Waals surface area contributed by atoms with Crippen molar-refractivity contribution in [2.24, 2.45) is 47.3 Å². The Hall–Kier alpha value is -1.18. The van der Waals surface area contributed by atoms with Crippen LogP contribution in [0.25, 0.3) is 0 Å². The summed E-state index contributed by atoms with van der Waals surface area (Å²) >= 11 is 0. The van der Waals surface area contributed by atoms with Crippen molar-refractivity contribution in [2.45, 2.75) is 12.8 Å². The zero-order valence-corrected chi connectivity index (χ0v) is 10.2. The Kier molecular flexibility index (Phi) is 1.55. The molecule has 0 radical (unpaired) electrons. The number of carbonyl (C=O) groups excluding carboxylic acids is 2. The summed E-state index contributed by atoms with van der Waals surface area (Å²) in [6, 6.07) is 0. The predicted octanol–water partition coefficient (Wildman–Crippen LogP) is 2.01. The molecule has 3 saturated carbocycles. The smallest absolute Gasteiger partial charge is 0.141 e. The number of allylic oxidation sites excluding steroid dienone is 4. The van der Waals surface area contributed by atoms with Gasteiger partial charge in [0, 0.05) is 23.7 Å². The van der Waals surface area contributed by atoms with E-state index in [1.807, 2.05) is 0 Å². The molecule has 92 valence electrons. The quantitative estimate of drug-likeness (QED) is 0.607. The van der Waals surface area contributed by atoms with E-state index in [0.717, 1.165) is 12.8 Å². The minimum atomic E-state index is 0.0431. The molecule has 5 rings (SSSR count). The molecule has 0 N–H and O–H groups in total. The van der Waals surface area contributed by atoms with Crippen LogP contribution >= 0.6 is 0 Å². The normalized spacial score (nSPS) is 58.4. The SMILES string of the molecule is O=C1[C@H]2[C@H](C(=O)[C@@H]3[C@H]1[C@H]1C=C[C@H]3C1)[C@H]1C=C[C@@H]2C1. The lowest BCUT2D eigenvalue weighted by atomic mass is 9.60. The molecular weight excluding hydrogens is 224 g/mol. The van der Waals surface area contributed by atoms with E-state index < -0.39 is 0 Å². The highest BCUT2D eigenvalue weighted by atomic mass is 16.1. The minimum Gasteiger partial charge on any atom is -0.299 e. The lowest BCUT2D eigenvalue weighted by molar-refractivity contribution is -0.148. The van der Waals surface area contributed by atoms with Crippen LogP contribution in [0.5, 0.6) is 0 Å². The van der Waals surface area contributed by atoms with Crippen LogP contribution in [0.2, 0.25) is 0 Å². The first-order valence-electron chi connectivity index (χ1n) is 7.20. The van der Waals surface area contributed by atoms with Gasteiger partial charge >= 0.3 is 0 Å². The number of ketones is 2. The van der Waals surface area contributed by atoms with Gasteiger partial charge in [-0.1, -0.05) is 24.3 Å². The standard InChI is InChI=1S/C16H16O2/c17-15-11-7-1-2-8(5-7)12(11)16(18)14-10-4-3-9(6-10)13(14)15/h1-4,7-14H,5-6H2/t7-,8-,9-,10+,11-,12+,13+,14+/m0/s1. The number of fused-ring (bicyclic) bond motifs is 10. The molecule has 0 aliphatic heterocycles. The van der Waals surface area contributed by atoms with Crippen LogP contribution in [-0.4, -0.2) is 11.6 Å². The largest absolute Gasteiger partial charge is 0.299 e. The fourth-order valence-corrected chi connectivity index (χ4v) is 5.64. The van der Waals surface area contributed by atoms with Gasteiger partial charge in [-0.15, -0.1) is 0 Å². The summed E-state index contributed by atoms with van der Waals surface area (Å²) in [5.74, 6) is 2.53. The van der Waals surface area contributed by atoms with Crippen LogP contribution in [0.3, 0.4) is 0 Å². The average Bonchev–Trinajstić information content (AvgIpc) is 3.10. The molecule has 4 bridgehead atoms. The van der Waals surface area contributed by atoms with Gasteiger partial charge in [0.2, 0.25) is 0 Å². The molecule has 0 aromatic carbocycles. The summed E-state index contributed by atoms with van der Waals surface area (Å²) < 4.78 is 0. The lowest BCUT2D eigenvalue weighted by Crippen LogP contribution is -2.50. The van der Waals surface area contributed by atoms with Gasteiger partial charge in [-0.25, -0.2) is 0 Å². The maximum Gasteiger partial charge on any atom is 0.141 e. The zero-order chi connectivity index (χ0) is 12.0. The van der Waals surface area contributed by atoms with Crippen LogP contribution in [-0.2, 0) is 9.59 Å². The molecule has 0 saturated heterocycles. The predicted molar refractivity (Wildman–Crippen MR) is 65.4 cm³/mol. The van der Waals surface area contributed by atoms with Crippen molar-refractivity contribution >= 4 is 11.6 Å². The van der Waals surface area contributed by atoms with Crippen LogP contribution in [0.4, 0.5) is 0 Å². The molecule has 5 aliphatic carbocycles. The Morgan fingerprint density at radius 2 is 0.889 bits per heavy atom. The van der Waals surface area contributed by atoms with Crippen molar-refractivity contribution in [3.05, 3.63) is 24.3 Å². The Bertz CT molecular complexity index is 441. The monoisotopic (exact) mass is 240 g/mol. The molecule has 0 aromatic rings. The number of rotatable bonds is 0. The third-order valence-corrected chi connectivity index (χ3v) is 6.23. The van der Waals surface area contributed by atoms with Crippen molar-refractivity contribution < 1.29 is 9.59 Å². The number of hydrogen-bond acceptors (Lipinski definition) is 2. The van der Waals surface area contributed by atoms with Crippen molar-refractivity contribution in [2.75, 3.05) is 0 Å².